The van der Waals surface area contributed by atoms with E-state index < -0.39 is 0 Å². The lowest BCUT2D eigenvalue weighted by Gasteiger charge is -1.98. The lowest BCUT2D eigenvalue weighted by Crippen LogP contribution is -2.16. The maximum atomic E-state index is 11.1. The number of nitrogens with one attached hydrogen (secondary N) is 2. The molecule has 0 radical (unpaired) electrons. The number of hydrogen-bond acceptors (Lipinski definition) is 4. The van der Waals surface area contributed by atoms with E-state index in [-0.39, 0.29) is 11.7 Å². The molecular weight excluding hydrogens is 176 g/mol. The second-order valence-corrected chi connectivity index (χ2v) is 3.04. The molecule has 0 bridgehead atoms. The van der Waals surface area contributed by atoms with Crippen molar-refractivity contribution >= 4 is 22.9 Å². The van der Waals surface area contributed by atoms with Gasteiger partial charge in [-0.15, -0.1) is 11.3 Å². The van der Waals surface area contributed by atoms with Gasteiger partial charge in [0.25, 0.3) is 5.91 Å². The molecule has 0 aliphatic rings. The normalized spacial score (nSPS) is 9.50. The minimum atomic E-state index is -0.265. The smallest absolute Gasteiger partial charge is 0.264 e. The van der Waals surface area contributed by atoms with E-state index in [0.29, 0.717) is 10.6 Å². The minimum Gasteiger partial charge on any atom is -0.504 e. The maximum Gasteiger partial charge on any atom is 0.264 e. The average Bonchev–Trinajstić information content (AvgIpc) is 2.45. The van der Waals surface area contributed by atoms with Crippen molar-refractivity contribution in [2.75, 3.05) is 19.4 Å². The number of thiophene rings is 1. The predicted molar refractivity (Wildman–Crippen MR) is 48.9 cm³/mol. The fourth-order valence-corrected chi connectivity index (χ4v) is 1.70. The van der Waals surface area contributed by atoms with Crippen LogP contribution in [0.1, 0.15) is 9.67 Å². The number of amides is 1. The number of rotatable bonds is 2. The first-order valence-electron chi connectivity index (χ1n) is 3.41. The highest BCUT2D eigenvalue weighted by atomic mass is 32.1. The van der Waals surface area contributed by atoms with Gasteiger partial charge in [0.05, 0.1) is 5.69 Å². The molecule has 1 rings (SSSR count). The van der Waals surface area contributed by atoms with Gasteiger partial charge in [-0.1, -0.05) is 0 Å². The van der Waals surface area contributed by atoms with E-state index in [1.807, 2.05) is 0 Å². The third-order valence-electron chi connectivity index (χ3n) is 1.47. The summed E-state index contributed by atoms with van der Waals surface area (Å²) in [5.74, 6) is -0.249. The molecule has 0 aliphatic carbocycles. The van der Waals surface area contributed by atoms with Gasteiger partial charge in [0, 0.05) is 19.5 Å². The topological polar surface area (TPSA) is 61.4 Å². The van der Waals surface area contributed by atoms with Crippen LogP contribution in [0.5, 0.6) is 5.75 Å². The van der Waals surface area contributed by atoms with Crippen LogP contribution in [0.25, 0.3) is 0 Å². The Balaban J connectivity index is 3.02. The van der Waals surface area contributed by atoms with Crippen molar-refractivity contribution in [2.45, 2.75) is 0 Å². The van der Waals surface area contributed by atoms with Crippen LogP contribution in [0.4, 0.5) is 5.69 Å². The summed E-state index contributed by atoms with van der Waals surface area (Å²) < 4.78 is 0. The summed E-state index contributed by atoms with van der Waals surface area (Å²) in [4.78, 5) is 11.4. The van der Waals surface area contributed by atoms with Crippen molar-refractivity contribution in [1.29, 1.82) is 0 Å². The summed E-state index contributed by atoms with van der Waals surface area (Å²) in [5, 5.41) is 16.3. The van der Waals surface area contributed by atoms with Crippen molar-refractivity contribution in [1.82, 2.24) is 5.32 Å². The highest BCUT2D eigenvalue weighted by molar-refractivity contribution is 7.13. The SMILES string of the molecule is CNC(=O)c1scc(NC)c1O. The fraction of sp³-hybridized carbons (Fsp3) is 0.286. The number of anilines is 1. The minimum absolute atomic E-state index is 0.0156. The molecule has 0 saturated heterocycles. The molecule has 0 unspecified atom stereocenters. The quantitative estimate of drug-likeness (QED) is 0.641. The number of carbonyl (C=O) groups excluding carboxylic acids is 1. The van der Waals surface area contributed by atoms with Gasteiger partial charge in [-0.05, 0) is 0 Å². The summed E-state index contributed by atoms with van der Waals surface area (Å²) in [5.41, 5.74) is 0.582. The van der Waals surface area contributed by atoms with E-state index in [1.165, 1.54) is 18.4 Å². The van der Waals surface area contributed by atoms with Crippen LogP contribution in [-0.4, -0.2) is 25.1 Å². The molecule has 12 heavy (non-hydrogen) atoms. The molecule has 0 aliphatic heterocycles. The zero-order valence-electron chi connectivity index (χ0n) is 6.84. The van der Waals surface area contributed by atoms with Gasteiger partial charge >= 0.3 is 0 Å². The molecule has 1 heterocycles. The molecule has 1 aromatic rings. The predicted octanol–water partition coefficient (Wildman–Crippen LogP) is 0.855. The Hall–Kier alpha value is -1.23. The van der Waals surface area contributed by atoms with Crippen molar-refractivity contribution in [3.63, 3.8) is 0 Å². The van der Waals surface area contributed by atoms with E-state index in [0.717, 1.165) is 0 Å². The molecule has 0 spiro atoms. The molecule has 0 aromatic carbocycles. The van der Waals surface area contributed by atoms with Crippen LogP contribution in [-0.2, 0) is 0 Å². The van der Waals surface area contributed by atoms with Crippen LogP contribution in [0, 0.1) is 0 Å². The number of carbonyl (C=O) groups is 1. The molecule has 1 aromatic heterocycles. The molecule has 1 amide bonds. The molecule has 4 nitrogen and oxygen atoms in total. The first-order valence-corrected chi connectivity index (χ1v) is 4.29. The number of hydrogen-bond donors (Lipinski definition) is 3. The summed E-state index contributed by atoms with van der Waals surface area (Å²) >= 11 is 1.21. The van der Waals surface area contributed by atoms with E-state index in [9.17, 15) is 9.90 Å². The standard InChI is InChI=1S/C7H10N2O2S/c1-8-4-3-12-6(5(4)10)7(11)9-2/h3,8,10H,1-2H3,(H,9,11). The Kier molecular flexibility index (Phi) is 2.54. The van der Waals surface area contributed by atoms with Crippen LogP contribution < -0.4 is 10.6 Å². The van der Waals surface area contributed by atoms with E-state index in [4.69, 9.17) is 0 Å². The molecule has 0 atom stereocenters. The highest BCUT2D eigenvalue weighted by Gasteiger charge is 2.14. The lowest BCUT2D eigenvalue weighted by molar-refractivity contribution is 0.0965. The Morgan fingerprint density at radius 2 is 2.25 bits per heavy atom. The molecule has 0 saturated carbocycles. The maximum absolute atomic E-state index is 11.1. The third-order valence-corrected chi connectivity index (χ3v) is 2.44. The van der Waals surface area contributed by atoms with Gasteiger partial charge in [0.1, 0.15) is 4.88 Å². The van der Waals surface area contributed by atoms with Gasteiger partial charge in [-0.25, -0.2) is 0 Å². The monoisotopic (exact) mass is 186 g/mol. The Morgan fingerprint density at radius 3 is 2.67 bits per heavy atom. The first-order chi connectivity index (χ1) is 5.70. The fourth-order valence-electron chi connectivity index (χ4n) is 0.804. The Morgan fingerprint density at radius 1 is 1.58 bits per heavy atom. The second kappa shape index (κ2) is 3.44. The van der Waals surface area contributed by atoms with Crippen LogP contribution in [0.3, 0.4) is 0 Å². The van der Waals surface area contributed by atoms with Gasteiger partial charge in [-0.2, -0.15) is 0 Å². The summed E-state index contributed by atoms with van der Waals surface area (Å²) in [7, 11) is 3.22. The van der Waals surface area contributed by atoms with E-state index >= 15 is 0 Å². The van der Waals surface area contributed by atoms with Crippen LogP contribution >= 0.6 is 11.3 Å². The molecular formula is C7H10N2O2S. The van der Waals surface area contributed by atoms with Crippen LogP contribution in [0.15, 0.2) is 5.38 Å². The first kappa shape index (κ1) is 8.86. The van der Waals surface area contributed by atoms with Gasteiger partial charge in [-0.3, -0.25) is 4.79 Å². The summed E-state index contributed by atoms with van der Waals surface area (Å²) in [6, 6.07) is 0. The Labute approximate surface area is 74.2 Å². The van der Waals surface area contributed by atoms with Gasteiger partial charge < -0.3 is 15.7 Å². The van der Waals surface area contributed by atoms with Gasteiger partial charge in [0.2, 0.25) is 0 Å². The molecule has 3 N–H and O–H groups in total. The summed E-state index contributed by atoms with van der Waals surface area (Å²) in [6.07, 6.45) is 0. The Bertz CT molecular complexity index is 296. The largest absolute Gasteiger partial charge is 0.504 e. The van der Waals surface area contributed by atoms with Crippen molar-refractivity contribution in [3.8, 4) is 5.75 Å². The van der Waals surface area contributed by atoms with Crippen molar-refractivity contribution in [2.24, 2.45) is 0 Å². The zero-order valence-corrected chi connectivity index (χ0v) is 7.66. The van der Waals surface area contributed by atoms with Gasteiger partial charge in [0.15, 0.2) is 5.75 Å². The highest BCUT2D eigenvalue weighted by Crippen LogP contribution is 2.33. The molecule has 0 fully saturated rings. The molecule has 5 heteroatoms. The molecule has 66 valence electrons. The second-order valence-electron chi connectivity index (χ2n) is 2.16. The van der Waals surface area contributed by atoms with E-state index in [2.05, 4.69) is 10.6 Å². The zero-order chi connectivity index (χ0) is 9.14. The summed E-state index contributed by atoms with van der Waals surface area (Å²) in [6.45, 7) is 0. The average molecular weight is 186 g/mol. The number of aromatic hydroxyl groups is 1. The van der Waals surface area contributed by atoms with E-state index in [1.54, 1.807) is 12.4 Å². The van der Waals surface area contributed by atoms with Crippen LogP contribution in [0.2, 0.25) is 0 Å². The lowest BCUT2D eigenvalue weighted by atomic mass is 10.3. The third kappa shape index (κ3) is 1.35. The van der Waals surface area contributed by atoms with Crippen molar-refractivity contribution in [3.05, 3.63) is 10.3 Å². The van der Waals surface area contributed by atoms with Crippen molar-refractivity contribution < 1.29 is 9.90 Å².